The molecule has 112 valence electrons. The van der Waals surface area contributed by atoms with Gasteiger partial charge in [-0.2, -0.15) is 0 Å². The fourth-order valence-corrected chi connectivity index (χ4v) is 1.71. The Hall–Kier alpha value is -1.75. The zero-order valence-electron chi connectivity index (χ0n) is 12.5. The van der Waals surface area contributed by atoms with Gasteiger partial charge in [0.25, 0.3) is 5.91 Å². The van der Waals surface area contributed by atoms with Crippen molar-refractivity contribution < 1.29 is 14.3 Å². The minimum Gasteiger partial charge on any atom is -0.490 e. The third-order valence-electron chi connectivity index (χ3n) is 2.62. The van der Waals surface area contributed by atoms with Crippen LogP contribution in [0.5, 0.6) is 11.5 Å². The Morgan fingerprint density at radius 1 is 1.10 bits per heavy atom. The molecule has 5 heteroatoms. The van der Waals surface area contributed by atoms with Crippen molar-refractivity contribution in [3.8, 4) is 11.5 Å². The average molecular weight is 280 g/mol. The van der Waals surface area contributed by atoms with Crippen molar-refractivity contribution in [2.45, 2.75) is 27.3 Å². The molecule has 2 N–H and O–H groups in total. The SMILES string of the molecule is CCNCc1ccc(OCC(=O)NCC)c(OCC)c1. The van der Waals surface area contributed by atoms with Gasteiger partial charge in [0.1, 0.15) is 0 Å². The van der Waals surface area contributed by atoms with Gasteiger partial charge in [-0.25, -0.2) is 0 Å². The molecule has 1 aromatic carbocycles. The number of carbonyl (C=O) groups excluding carboxylic acids is 1. The van der Waals surface area contributed by atoms with E-state index < -0.39 is 0 Å². The number of likely N-dealkylation sites (N-methyl/N-ethyl adjacent to an activating group) is 1. The van der Waals surface area contributed by atoms with Crippen LogP contribution in [0.4, 0.5) is 0 Å². The first kappa shape index (κ1) is 16.3. The Morgan fingerprint density at radius 3 is 2.55 bits per heavy atom. The van der Waals surface area contributed by atoms with Gasteiger partial charge in [-0.3, -0.25) is 4.79 Å². The summed E-state index contributed by atoms with van der Waals surface area (Å²) >= 11 is 0. The zero-order chi connectivity index (χ0) is 14.8. The molecule has 0 aromatic heterocycles. The Bertz CT molecular complexity index is 422. The van der Waals surface area contributed by atoms with Gasteiger partial charge in [-0.05, 0) is 38.1 Å². The Labute approximate surface area is 120 Å². The second-order valence-corrected chi connectivity index (χ2v) is 4.24. The molecular formula is C15H24N2O3. The summed E-state index contributed by atoms with van der Waals surface area (Å²) in [4.78, 5) is 11.4. The number of benzene rings is 1. The summed E-state index contributed by atoms with van der Waals surface area (Å²) in [5, 5.41) is 5.95. The maximum absolute atomic E-state index is 11.4. The summed E-state index contributed by atoms with van der Waals surface area (Å²) in [5.74, 6) is 1.14. The van der Waals surface area contributed by atoms with Crippen LogP contribution in [0.1, 0.15) is 26.3 Å². The highest BCUT2D eigenvalue weighted by Gasteiger charge is 2.08. The van der Waals surface area contributed by atoms with Gasteiger partial charge >= 0.3 is 0 Å². The van der Waals surface area contributed by atoms with Crippen LogP contribution < -0.4 is 20.1 Å². The average Bonchev–Trinajstić information content (AvgIpc) is 2.44. The molecular weight excluding hydrogens is 256 g/mol. The maximum atomic E-state index is 11.4. The van der Waals surface area contributed by atoms with Crippen LogP contribution in [0.3, 0.4) is 0 Å². The van der Waals surface area contributed by atoms with Gasteiger partial charge in [0, 0.05) is 13.1 Å². The Kier molecular flexibility index (Phi) is 7.50. The topological polar surface area (TPSA) is 59.6 Å². The fourth-order valence-electron chi connectivity index (χ4n) is 1.71. The molecule has 1 aromatic rings. The second-order valence-electron chi connectivity index (χ2n) is 4.24. The van der Waals surface area contributed by atoms with Crippen LogP contribution in [-0.4, -0.2) is 32.2 Å². The van der Waals surface area contributed by atoms with E-state index in [1.807, 2.05) is 32.0 Å². The van der Waals surface area contributed by atoms with Gasteiger partial charge in [-0.15, -0.1) is 0 Å². The zero-order valence-corrected chi connectivity index (χ0v) is 12.5. The third kappa shape index (κ3) is 5.48. The van der Waals surface area contributed by atoms with E-state index in [1.165, 1.54) is 0 Å². The number of hydrogen-bond acceptors (Lipinski definition) is 4. The molecule has 0 heterocycles. The molecule has 0 radical (unpaired) electrons. The molecule has 0 aliphatic carbocycles. The van der Waals surface area contributed by atoms with Gasteiger partial charge in [0.2, 0.25) is 0 Å². The van der Waals surface area contributed by atoms with Crippen LogP contribution in [0.2, 0.25) is 0 Å². The van der Waals surface area contributed by atoms with Gasteiger partial charge < -0.3 is 20.1 Å². The quantitative estimate of drug-likeness (QED) is 0.723. The first-order chi connectivity index (χ1) is 9.71. The lowest BCUT2D eigenvalue weighted by Crippen LogP contribution is -2.28. The first-order valence-electron chi connectivity index (χ1n) is 7.07. The Balaban J connectivity index is 2.70. The van der Waals surface area contributed by atoms with Crippen molar-refractivity contribution >= 4 is 5.91 Å². The normalized spacial score (nSPS) is 10.2. The van der Waals surface area contributed by atoms with E-state index in [-0.39, 0.29) is 12.5 Å². The predicted octanol–water partition coefficient (Wildman–Crippen LogP) is 1.71. The standard InChI is InChI=1S/C15H24N2O3/c1-4-16-10-12-7-8-13(14(9-12)19-6-3)20-11-15(18)17-5-2/h7-9,16H,4-6,10-11H2,1-3H3,(H,17,18). The smallest absolute Gasteiger partial charge is 0.257 e. The van der Waals surface area contributed by atoms with Crippen molar-refractivity contribution in [3.63, 3.8) is 0 Å². The number of ether oxygens (including phenoxy) is 2. The second kappa shape index (κ2) is 9.20. The summed E-state index contributed by atoms with van der Waals surface area (Å²) in [7, 11) is 0. The number of nitrogens with one attached hydrogen (secondary N) is 2. The molecule has 1 amide bonds. The largest absolute Gasteiger partial charge is 0.490 e. The summed E-state index contributed by atoms with van der Waals surface area (Å²) in [6.45, 7) is 8.72. The van der Waals surface area contributed by atoms with E-state index in [0.29, 0.717) is 24.7 Å². The molecule has 0 aliphatic rings. The van der Waals surface area contributed by atoms with E-state index in [9.17, 15) is 4.79 Å². The third-order valence-corrected chi connectivity index (χ3v) is 2.62. The van der Waals surface area contributed by atoms with Crippen molar-refractivity contribution in [2.24, 2.45) is 0 Å². The van der Waals surface area contributed by atoms with E-state index in [2.05, 4.69) is 17.6 Å². The van der Waals surface area contributed by atoms with Crippen LogP contribution in [-0.2, 0) is 11.3 Å². The summed E-state index contributed by atoms with van der Waals surface area (Å²) in [6.07, 6.45) is 0. The molecule has 0 spiro atoms. The number of hydrogen-bond donors (Lipinski definition) is 2. The summed E-state index contributed by atoms with van der Waals surface area (Å²) in [5.41, 5.74) is 1.13. The van der Waals surface area contributed by atoms with Crippen molar-refractivity contribution in [2.75, 3.05) is 26.3 Å². The molecule has 0 fully saturated rings. The lowest BCUT2D eigenvalue weighted by molar-refractivity contribution is -0.123. The van der Waals surface area contributed by atoms with E-state index >= 15 is 0 Å². The minimum absolute atomic E-state index is 0.000467. The van der Waals surface area contributed by atoms with Gasteiger partial charge in [0.05, 0.1) is 6.61 Å². The molecule has 5 nitrogen and oxygen atoms in total. The monoisotopic (exact) mass is 280 g/mol. The van der Waals surface area contributed by atoms with Crippen LogP contribution >= 0.6 is 0 Å². The molecule has 20 heavy (non-hydrogen) atoms. The number of rotatable bonds is 9. The van der Waals surface area contributed by atoms with Crippen molar-refractivity contribution in [3.05, 3.63) is 23.8 Å². The highest BCUT2D eigenvalue weighted by atomic mass is 16.5. The van der Waals surface area contributed by atoms with Crippen LogP contribution in [0, 0.1) is 0 Å². The fraction of sp³-hybridized carbons (Fsp3) is 0.533. The van der Waals surface area contributed by atoms with E-state index in [0.717, 1.165) is 18.7 Å². The van der Waals surface area contributed by atoms with E-state index in [1.54, 1.807) is 0 Å². The number of carbonyl (C=O) groups is 1. The molecule has 0 saturated carbocycles. The molecule has 1 rings (SSSR count). The summed E-state index contributed by atoms with van der Waals surface area (Å²) < 4.78 is 11.1. The van der Waals surface area contributed by atoms with Crippen molar-refractivity contribution in [1.82, 2.24) is 10.6 Å². The van der Waals surface area contributed by atoms with Crippen LogP contribution in [0.25, 0.3) is 0 Å². The van der Waals surface area contributed by atoms with Crippen molar-refractivity contribution in [1.29, 1.82) is 0 Å². The predicted molar refractivity (Wildman–Crippen MR) is 79.2 cm³/mol. The lowest BCUT2D eigenvalue weighted by atomic mass is 10.2. The minimum atomic E-state index is -0.133. The Morgan fingerprint density at radius 2 is 1.90 bits per heavy atom. The van der Waals surface area contributed by atoms with Gasteiger partial charge in [0.15, 0.2) is 18.1 Å². The highest BCUT2D eigenvalue weighted by Crippen LogP contribution is 2.28. The number of amides is 1. The van der Waals surface area contributed by atoms with Crippen LogP contribution in [0.15, 0.2) is 18.2 Å². The molecule has 0 aliphatic heterocycles. The summed E-state index contributed by atoms with van der Waals surface area (Å²) in [6, 6.07) is 5.76. The molecule has 0 atom stereocenters. The van der Waals surface area contributed by atoms with E-state index in [4.69, 9.17) is 9.47 Å². The molecule has 0 bridgehead atoms. The highest BCUT2D eigenvalue weighted by molar-refractivity contribution is 5.77. The van der Waals surface area contributed by atoms with Gasteiger partial charge in [-0.1, -0.05) is 13.0 Å². The lowest BCUT2D eigenvalue weighted by Gasteiger charge is -2.13. The first-order valence-corrected chi connectivity index (χ1v) is 7.07. The maximum Gasteiger partial charge on any atom is 0.257 e. The molecule has 0 unspecified atom stereocenters. The molecule has 0 saturated heterocycles.